The Morgan fingerprint density at radius 2 is 1.89 bits per heavy atom. The molecule has 3 rings (SSSR count). The molecular formula is C23H38N4O7S. The molecule has 1 saturated carbocycles. The third-order valence-corrected chi connectivity index (χ3v) is 8.66. The highest BCUT2D eigenvalue weighted by molar-refractivity contribution is 7.88. The van der Waals surface area contributed by atoms with Crippen LogP contribution in [-0.2, 0) is 29.1 Å². The van der Waals surface area contributed by atoms with Crippen molar-refractivity contribution in [3.63, 3.8) is 0 Å². The summed E-state index contributed by atoms with van der Waals surface area (Å²) >= 11 is 0. The SMILES string of the molecule is CC(C)C[C@H](NC(=O)OC1CC2(CCN(S(C)(=O)=O)CC2)C1)C(=O)N[C@H](C=O)C[C@H]1CCNC1=O. The number of amides is 3. The Morgan fingerprint density at radius 3 is 2.40 bits per heavy atom. The van der Waals surface area contributed by atoms with Crippen LogP contribution >= 0.6 is 0 Å². The Balaban J connectivity index is 1.47. The molecule has 3 N–H and O–H groups in total. The molecule has 198 valence electrons. The molecule has 0 aromatic heterocycles. The zero-order chi connectivity index (χ0) is 25.8. The molecule has 1 spiro atoms. The van der Waals surface area contributed by atoms with Gasteiger partial charge in [0, 0.05) is 25.6 Å². The minimum absolute atomic E-state index is 0.00452. The van der Waals surface area contributed by atoms with E-state index in [1.165, 1.54) is 10.6 Å². The predicted octanol–water partition coefficient (Wildman–Crippen LogP) is 0.541. The molecule has 3 atom stereocenters. The van der Waals surface area contributed by atoms with Crippen molar-refractivity contribution in [2.75, 3.05) is 25.9 Å². The van der Waals surface area contributed by atoms with Gasteiger partial charge in [0.25, 0.3) is 0 Å². The molecule has 2 saturated heterocycles. The van der Waals surface area contributed by atoms with Crippen LogP contribution in [0, 0.1) is 17.3 Å². The Bertz CT molecular complexity index is 907. The molecule has 3 fully saturated rings. The van der Waals surface area contributed by atoms with Crippen molar-refractivity contribution in [2.45, 2.75) is 77.0 Å². The summed E-state index contributed by atoms with van der Waals surface area (Å²) in [5.74, 6) is -0.813. The largest absolute Gasteiger partial charge is 0.446 e. The first-order valence-electron chi connectivity index (χ1n) is 12.4. The van der Waals surface area contributed by atoms with Crippen LogP contribution in [0.15, 0.2) is 0 Å². The fraction of sp³-hybridized carbons (Fsp3) is 0.826. The van der Waals surface area contributed by atoms with Gasteiger partial charge in [0.1, 0.15) is 18.4 Å². The van der Waals surface area contributed by atoms with E-state index in [1.807, 2.05) is 13.8 Å². The summed E-state index contributed by atoms with van der Waals surface area (Å²) in [5.41, 5.74) is 0.00452. The van der Waals surface area contributed by atoms with Gasteiger partial charge in [-0.2, -0.15) is 0 Å². The quantitative estimate of drug-likeness (QED) is 0.360. The molecule has 35 heavy (non-hydrogen) atoms. The molecule has 0 aromatic carbocycles. The topological polar surface area (TPSA) is 151 Å². The molecule has 0 bridgehead atoms. The molecule has 3 aliphatic rings. The van der Waals surface area contributed by atoms with E-state index >= 15 is 0 Å². The lowest BCUT2D eigenvalue weighted by Gasteiger charge is -2.50. The number of sulfonamides is 1. The number of aldehydes is 1. The Labute approximate surface area is 207 Å². The summed E-state index contributed by atoms with van der Waals surface area (Å²) in [6, 6.07) is -1.68. The van der Waals surface area contributed by atoms with Crippen LogP contribution in [0.25, 0.3) is 0 Å². The van der Waals surface area contributed by atoms with E-state index in [9.17, 15) is 27.6 Å². The molecule has 2 heterocycles. The van der Waals surface area contributed by atoms with Crippen LogP contribution in [0.3, 0.4) is 0 Å². The minimum atomic E-state index is -3.19. The number of alkyl carbamates (subject to hydrolysis) is 1. The van der Waals surface area contributed by atoms with Gasteiger partial charge in [-0.15, -0.1) is 0 Å². The van der Waals surface area contributed by atoms with Crippen molar-refractivity contribution in [3.8, 4) is 0 Å². The number of hydrogen-bond acceptors (Lipinski definition) is 7. The number of nitrogens with one attached hydrogen (secondary N) is 3. The van der Waals surface area contributed by atoms with Crippen LogP contribution in [0.5, 0.6) is 0 Å². The van der Waals surface area contributed by atoms with Gasteiger partial charge in [0.15, 0.2) is 0 Å². The number of rotatable bonds is 10. The van der Waals surface area contributed by atoms with Crippen LogP contribution in [0.1, 0.15) is 58.8 Å². The van der Waals surface area contributed by atoms with E-state index in [0.717, 1.165) is 12.8 Å². The molecule has 0 radical (unpaired) electrons. The predicted molar refractivity (Wildman–Crippen MR) is 128 cm³/mol. The third kappa shape index (κ3) is 7.39. The highest BCUT2D eigenvalue weighted by Crippen LogP contribution is 2.50. The number of carbonyl (C=O) groups is 4. The molecule has 0 aromatic rings. The van der Waals surface area contributed by atoms with E-state index in [-0.39, 0.29) is 35.7 Å². The Morgan fingerprint density at radius 1 is 1.23 bits per heavy atom. The highest BCUT2D eigenvalue weighted by atomic mass is 32.2. The summed E-state index contributed by atoms with van der Waals surface area (Å²) in [4.78, 5) is 48.7. The maximum absolute atomic E-state index is 12.9. The number of hydrogen-bond donors (Lipinski definition) is 3. The highest BCUT2D eigenvalue weighted by Gasteiger charge is 2.48. The maximum Gasteiger partial charge on any atom is 0.408 e. The Kier molecular flexibility index (Phi) is 8.79. The lowest BCUT2D eigenvalue weighted by Crippen LogP contribution is -2.54. The van der Waals surface area contributed by atoms with Gasteiger partial charge in [-0.05, 0) is 56.3 Å². The molecule has 2 aliphatic heterocycles. The van der Waals surface area contributed by atoms with Crippen LogP contribution in [0.4, 0.5) is 4.79 Å². The first kappa shape index (κ1) is 27.4. The average Bonchev–Trinajstić information content (AvgIpc) is 3.15. The van der Waals surface area contributed by atoms with Gasteiger partial charge < -0.3 is 25.5 Å². The Hall–Kier alpha value is -2.21. The second-order valence-corrected chi connectivity index (χ2v) is 12.7. The zero-order valence-electron chi connectivity index (χ0n) is 20.7. The van der Waals surface area contributed by atoms with Crippen LogP contribution in [-0.4, -0.2) is 81.0 Å². The van der Waals surface area contributed by atoms with Gasteiger partial charge in [0.2, 0.25) is 21.8 Å². The van der Waals surface area contributed by atoms with E-state index in [2.05, 4.69) is 16.0 Å². The van der Waals surface area contributed by atoms with Gasteiger partial charge >= 0.3 is 6.09 Å². The lowest BCUT2D eigenvalue weighted by molar-refractivity contribution is -0.127. The van der Waals surface area contributed by atoms with Crippen LogP contribution < -0.4 is 16.0 Å². The molecular weight excluding hydrogens is 476 g/mol. The summed E-state index contributed by atoms with van der Waals surface area (Å²) in [7, 11) is -3.19. The second-order valence-electron chi connectivity index (χ2n) is 10.7. The fourth-order valence-electron chi connectivity index (χ4n) is 5.33. The van der Waals surface area contributed by atoms with Crippen molar-refractivity contribution in [1.82, 2.24) is 20.3 Å². The van der Waals surface area contributed by atoms with Crippen molar-refractivity contribution in [2.24, 2.45) is 17.3 Å². The van der Waals surface area contributed by atoms with Gasteiger partial charge in [-0.1, -0.05) is 13.8 Å². The van der Waals surface area contributed by atoms with E-state index < -0.39 is 34.1 Å². The normalized spacial score (nSPS) is 24.3. The summed E-state index contributed by atoms with van der Waals surface area (Å²) < 4.78 is 30.5. The van der Waals surface area contributed by atoms with Crippen molar-refractivity contribution in [1.29, 1.82) is 0 Å². The monoisotopic (exact) mass is 514 g/mol. The molecule has 1 aliphatic carbocycles. The summed E-state index contributed by atoms with van der Waals surface area (Å²) in [6.07, 6.45) is 4.93. The molecule has 12 heteroatoms. The minimum Gasteiger partial charge on any atom is -0.446 e. The summed E-state index contributed by atoms with van der Waals surface area (Å²) in [5, 5.41) is 8.02. The van der Waals surface area contributed by atoms with E-state index in [0.29, 0.717) is 51.6 Å². The first-order chi connectivity index (χ1) is 16.4. The molecule has 11 nitrogen and oxygen atoms in total. The lowest BCUT2D eigenvalue weighted by atomic mass is 9.62. The maximum atomic E-state index is 12.9. The zero-order valence-corrected chi connectivity index (χ0v) is 21.6. The number of nitrogens with zero attached hydrogens (tertiary/aromatic N) is 1. The van der Waals surface area contributed by atoms with Crippen molar-refractivity contribution < 1.29 is 32.3 Å². The van der Waals surface area contributed by atoms with E-state index in [1.54, 1.807) is 0 Å². The molecule has 0 unspecified atom stereocenters. The standard InChI is InChI=1S/C23H38N4O7S/c1-15(2)10-19(21(30)25-17(14-28)11-16-4-7-24-20(16)29)26-22(31)34-18-12-23(13-18)5-8-27(9-6-23)35(3,32)33/h14-19H,4-13H2,1-3H3,(H,24,29)(H,25,30)(H,26,31)/t16-,17+,19+/m1/s1. The van der Waals surface area contributed by atoms with Gasteiger partial charge in [-0.3, -0.25) is 9.59 Å². The van der Waals surface area contributed by atoms with E-state index in [4.69, 9.17) is 4.74 Å². The van der Waals surface area contributed by atoms with Gasteiger partial charge in [-0.25, -0.2) is 17.5 Å². The fourth-order valence-corrected chi connectivity index (χ4v) is 6.17. The first-order valence-corrected chi connectivity index (χ1v) is 14.2. The number of piperidine rings is 1. The molecule has 3 amide bonds. The third-order valence-electron chi connectivity index (χ3n) is 7.36. The number of ether oxygens (including phenoxy) is 1. The van der Waals surface area contributed by atoms with Crippen molar-refractivity contribution >= 4 is 34.2 Å². The smallest absolute Gasteiger partial charge is 0.408 e. The second kappa shape index (κ2) is 11.2. The van der Waals surface area contributed by atoms with Gasteiger partial charge in [0.05, 0.1) is 12.3 Å². The average molecular weight is 515 g/mol. The number of carbonyl (C=O) groups excluding carboxylic acids is 4. The van der Waals surface area contributed by atoms with Crippen LogP contribution in [0.2, 0.25) is 0 Å². The summed E-state index contributed by atoms with van der Waals surface area (Å²) in [6.45, 7) is 5.37. The van der Waals surface area contributed by atoms with Crippen molar-refractivity contribution in [3.05, 3.63) is 0 Å².